The third-order valence-corrected chi connectivity index (χ3v) is 4.38. The van der Waals surface area contributed by atoms with Crippen LogP contribution < -0.4 is 0 Å². The standard InChI is InChI=1S/C10H12INO2S/c1-12(8-2-3-14-5-8)10(13)7-4-9(11)15-6-7/h4,6,8H,2-3,5H2,1H3. The summed E-state index contributed by atoms with van der Waals surface area (Å²) in [7, 11) is 1.85. The Morgan fingerprint density at radius 3 is 3.07 bits per heavy atom. The summed E-state index contributed by atoms with van der Waals surface area (Å²) < 4.78 is 6.42. The molecule has 2 heterocycles. The number of carbonyl (C=O) groups is 1. The van der Waals surface area contributed by atoms with Gasteiger partial charge < -0.3 is 9.64 Å². The van der Waals surface area contributed by atoms with Gasteiger partial charge in [-0.3, -0.25) is 4.79 Å². The van der Waals surface area contributed by atoms with E-state index in [1.54, 1.807) is 16.2 Å². The fraction of sp³-hybridized carbons (Fsp3) is 0.500. The summed E-state index contributed by atoms with van der Waals surface area (Å²) in [5, 5.41) is 1.91. The summed E-state index contributed by atoms with van der Waals surface area (Å²) >= 11 is 3.83. The van der Waals surface area contributed by atoms with E-state index < -0.39 is 0 Å². The van der Waals surface area contributed by atoms with Gasteiger partial charge in [0, 0.05) is 19.0 Å². The van der Waals surface area contributed by atoms with Gasteiger partial charge in [-0.2, -0.15) is 0 Å². The fourth-order valence-corrected chi connectivity index (χ4v) is 2.94. The van der Waals surface area contributed by atoms with E-state index in [0.717, 1.165) is 21.5 Å². The van der Waals surface area contributed by atoms with Crippen LogP contribution in [0.15, 0.2) is 11.4 Å². The summed E-state index contributed by atoms with van der Waals surface area (Å²) in [4.78, 5) is 13.8. The van der Waals surface area contributed by atoms with Crippen molar-refractivity contribution in [1.82, 2.24) is 4.90 Å². The molecule has 0 aromatic carbocycles. The van der Waals surface area contributed by atoms with Crippen LogP contribution in [-0.4, -0.2) is 37.1 Å². The lowest BCUT2D eigenvalue weighted by Crippen LogP contribution is -2.37. The first-order valence-corrected chi connectivity index (χ1v) is 6.73. The number of hydrogen-bond donors (Lipinski definition) is 0. The molecule has 0 radical (unpaired) electrons. The Balaban J connectivity index is 2.06. The number of ether oxygens (including phenoxy) is 1. The van der Waals surface area contributed by atoms with E-state index >= 15 is 0 Å². The van der Waals surface area contributed by atoms with Crippen LogP contribution in [0.5, 0.6) is 0 Å². The Bertz CT molecular complexity index is 360. The molecule has 0 spiro atoms. The van der Waals surface area contributed by atoms with E-state index in [1.165, 1.54) is 0 Å². The number of hydrogen-bond acceptors (Lipinski definition) is 3. The summed E-state index contributed by atoms with van der Waals surface area (Å²) in [6.45, 7) is 1.44. The molecular weight excluding hydrogens is 325 g/mol. The summed E-state index contributed by atoms with van der Waals surface area (Å²) in [6.07, 6.45) is 0.948. The minimum Gasteiger partial charge on any atom is -0.379 e. The molecule has 3 nitrogen and oxygen atoms in total. The first-order chi connectivity index (χ1) is 7.18. The molecule has 2 rings (SSSR count). The number of amides is 1. The van der Waals surface area contributed by atoms with Gasteiger partial charge in [-0.25, -0.2) is 0 Å². The normalized spacial score (nSPS) is 20.5. The van der Waals surface area contributed by atoms with Crippen molar-refractivity contribution < 1.29 is 9.53 Å². The highest BCUT2D eigenvalue weighted by atomic mass is 127. The number of likely N-dealkylation sites (N-methyl/N-ethyl adjacent to an activating group) is 1. The minimum absolute atomic E-state index is 0.102. The Morgan fingerprint density at radius 2 is 2.53 bits per heavy atom. The third-order valence-electron chi connectivity index (χ3n) is 2.59. The second-order valence-corrected chi connectivity index (χ2v) is 6.38. The molecule has 1 aliphatic rings. The van der Waals surface area contributed by atoms with Crippen LogP contribution in [-0.2, 0) is 4.74 Å². The average Bonchev–Trinajstić information content (AvgIpc) is 2.85. The van der Waals surface area contributed by atoms with E-state index in [4.69, 9.17) is 4.74 Å². The van der Waals surface area contributed by atoms with Crippen LogP contribution in [0.1, 0.15) is 16.8 Å². The van der Waals surface area contributed by atoms with Gasteiger partial charge in [0.2, 0.25) is 0 Å². The smallest absolute Gasteiger partial charge is 0.254 e. The van der Waals surface area contributed by atoms with E-state index in [-0.39, 0.29) is 11.9 Å². The molecule has 1 unspecified atom stereocenters. The molecule has 0 aliphatic carbocycles. The number of carbonyl (C=O) groups excluding carboxylic acids is 1. The molecule has 1 aromatic rings. The first kappa shape index (κ1) is 11.3. The maximum absolute atomic E-state index is 12.0. The van der Waals surface area contributed by atoms with E-state index in [9.17, 15) is 4.79 Å². The van der Waals surface area contributed by atoms with Gasteiger partial charge >= 0.3 is 0 Å². The van der Waals surface area contributed by atoms with Crippen molar-refractivity contribution in [2.24, 2.45) is 0 Å². The highest BCUT2D eigenvalue weighted by molar-refractivity contribution is 14.1. The van der Waals surface area contributed by atoms with Crippen LogP contribution in [0, 0.1) is 2.88 Å². The highest BCUT2D eigenvalue weighted by Gasteiger charge is 2.25. The maximum Gasteiger partial charge on any atom is 0.254 e. The molecule has 1 aliphatic heterocycles. The van der Waals surface area contributed by atoms with Crippen LogP contribution in [0.4, 0.5) is 0 Å². The Labute approximate surface area is 107 Å². The predicted molar refractivity (Wildman–Crippen MR) is 68.4 cm³/mol. The van der Waals surface area contributed by atoms with Crippen molar-refractivity contribution in [2.45, 2.75) is 12.5 Å². The van der Waals surface area contributed by atoms with Crippen molar-refractivity contribution in [3.8, 4) is 0 Å². The highest BCUT2D eigenvalue weighted by Crippen LogP contribution is 2.20. The van der Waals surface area contributed by atoms with Crippen LogP contribution >= 0.6 is 33.9 Å². The zero-order valence-electron chi connectivity index (χ0n) is 8.40. The molecule has 5 heteroatoms. The molecule has 1 amide bonds. The van der Waals surface area contributed by atoms with Gasteiger partial charge in [0.1, 0.15) is 0 Å². The molecular formula is C10H12INO2S. The monoisotopic (exact) mass is 337 g/mol. The molecule has 1 aromatic heterocycles. The fourth-order valence-electron chi connectivity index (χ4n) is 1.62. The second-order valence-electron chi connectivity index (χ2n) is 3.57. The van der Waals surface area contributed by atoms with Gasteiger partial charge in [0.05, 0.1) is 21.1 Å². The molecule has 15 heavy (non-hydrogen) atoms. The van der Waals surface area contributed by atoms with E-state index in [2.05, 4.69) is 22.6 Å². The number of rotatable bonds is 2. The molecule has 82 valence electrons. The van der Waals surface area contributed by atoms with Gasteiger partial charge in [-0.15, -0.1) is 11.3 Å². The Morgan fingerprint density at radius 1 is 1.73 bits per heavy atom. The zero-order valence-corrected chi connectivity index (χ0v) is 11.4. The lowest BCUT2D eigenvalue weighted by atomic mass is 10.2. The minimum atomic E-state index is 0.102. The summed E-state index contributed by atoms with van der Waals surface area (Å²) in [5.41, 5.74) is 0.791. The molecule has 0 saturated carbocycles. The molecule has 1 atom stereocenters. The zero-order chi connectivity index (χ0) is 10.8. The molecule has 1 saturated heterocycles. The average molecular weight is 337 g/mol. The maximum atomic E-state index is 12.0. The van der Waals surface area contributed by atoms with E-state index in [1.807, 2.05) is 18.5 Å². The predicted octanol–water partition coefficient (Wildman–Crippen LogP) is 2.21. The molecule has 1 fully saturated rings. The Kier molecular flexibility index (Phi) is 3.63. The Hall–Kier alpha value is -0.140. The lowest BCUT2D eigenvalue weighted by Gasteiger charge is -2.22. The topological polar surface area (TPSA) is 29.5 Å². The van der Waals surface area contributed by atoms with Gasteiger partial charge in [-0.1, -0.05) is 0 Å². The second kappa shape index (κ2) is 4.80. The number of halogens is 1. The van der Waals surface area contributed by atoms with Gasteiger partial charge in [0.15, 0.2) is 0 Å². The largest absolute Gasteiger partial charge is 0.379 e. The molecule has 0 bridgehead atoms. The van der Waals surface area contributed by atoms with Gasteiger partial charge in [0.25, 0.3) is 5.91 Å². The first-order valence-electron chi connectivity index (χ1n) is 4.77. The number of thiophene rings is 1. The van der Waals surface area contributed by atoms with Crippen LogP contribution in [0.25, 0.3) is 0 Å². The lowest BCUT2D eigenvalue weighted by molar-refractivity contribution is 0.0712. The number of nitrogens with zero attached hydrogens (tertiary/aromatic N) is 1. The summed E-state index contributed by atoms with van der Waals surface area (Å²) in [6, 6.07) is 2.18. The van der Waals surface area contributed by atoms with Crippen molar-refractivity contribution in [1.29, 1.82) is 0 Å². The SMILES string of the molecule is CN(C(=O)c1csc(I)c1)C1CCOC1. The molecule has 0 N–H and O–H groups in total. The quantitative estimate of drug-likeness (QED) is 0.775. The van der Waals surface area contributed by atoms with Crippen molar-refractivity contribution >= 4 is 39.8 Å². The van der Waals surface area contributed by atoms with Crippen LogP contribution in [0.3, 0.4) is 0 Å². The third kappa shape index (κ3) is 2.51. The van der Waals surface area contributed by atoms with Crippen molar-refractivity contribution in [3.05, 3.63) is 19.9 Å². The van der Waals surface area contributed by atoms with Crippen molar-refractivity contribution in [3.63, 3.8) is 0 Å². The summed E-state index contributed by atoms with van der Waals surface area (Å²) in [5.74, 6) is 0.102. The van der Waals surface area contributed by atoms with Gasteiger partial charge in [-0.05, 0) is 35.1 Å². The van der Waals surface area contributed by atoms with E-state index in [0.29, 0.717) is 6.61 Å². The van der Waals surface area contributed by atoms with Crippen molar-refractivity contribution in [2.75, 3.05) is 20.3 Å². The van der Waals surface area contributed by atoms with Crippen LogP contribution in [0.2, 0.25) is 0 Å².